The van der Waals surface area contributed by atoms with E-state index in [4.69, 9.17) is 0 Å². The molecule has 0 spiro atoms. The third-order valence-corrected chi connectivity index (χ3v) is 5.55. The highest BCUT2D eigenvalue weighted by atomic mass is 32.2. The minimum atomic E-state index is -0.307. The zero-order valence-electron chi connectivity index (χ0n) is 16.2. The Labute approximate surface area is 169 Å². The molecular weight excluding hydrogens is 373 g/mol. The summed E-state index contributed by atoms with van der Waals surface area (Å²) in [6.45, 7) is 5.74. The smallest absolute Gasteiger partial charge is 0.233 e. The van der Waals surface area contributed by atoms with E-state index < -0.39 is 0 Å². The van der Waals surface area contributed by atoms with Crippen LogP contribution in [0, 0.1) is 12.7 Å². The number of carbonyl (C=O) groups excluding carboxylic acids is 1. The summed E-state index contributed by atoms with van der Waals surface area (Å²) >= 11 is 1.40. The number of benzene rings is 2. The van der Waals surface area contributed by atoms with Gasteiger partial charge in [-0.25, -0.2) is 9.37 Å². The van der Waals surface area contributed by atoms with Crippen LogP contribution in [0.2, 0.25) is 0 Å². The highest BCUT2D eigenvalue weighted by molar-refractivity contribution is 8.00. The van der Waals surface area contributed by atoms with Crippen LogP contribution >= 0.6 is 11.8 Å². The Balaban J connectivity index is 1.59. The number of rotatable bonds is 7. The molecule has 4 nitrogen and oxygen atoms in total. The molecular formula is C22H24FN3OS. The predicted octanol–water partition coefficient (Wildman–Crippen LogP) is 4.81. The number of nitrogens with zero attached hydrogens (tertiary/aromatic N) is 1. The zero-order valence-corrected chi connectivity index (χ0v) is 17.0. The zero-order chi connectivity index (χ0) is 20.1. The summed E-state index contributed by atoms with van der Waals surface area (Å²) in [6.07, 6.45) is 0.756. The second kappa shape index (κ2) is 9.06. The van der Waals surface area contributed by atoms with E-state index in [2.05, 4.69) is 27.4 Å². The molecule has 2 atom stereocenters. The molecule has 0 bridgehead atoms. The van der Waals surface area contributed by atoms with E-state index in [0.717, 1.165) is 28.5 Å². The Morgan fingerprint density at radius 3 is 2.50 bits per heavy atom. The first-order valence-electron chi connectivity index (χ1n) is 9.24. The Morgan fingerprint density at radius 1 is 1.14 bits per heavy atom. The summed E-state index contributed by atoms with van der Waals surface area (Å²) in [5.74, 6) is -0.369. The summed E-state index contributed by atoms with van der Waals surface area (Å²) in [5, 5.41) is 3.40. The van der Waals surface area contributed by atoms with Gasteiger partial charge in [-0.05, 0) is 44.0 Å². The third kappa shape index (κ3) is 5.23. The molecule has 6 heteroatoms. The molecule has 0 aliphatic rings. The van der Waals surface area contributed by atoms with Crippen molar-refractivity contribution < 1.29 is 9.18 Å². The normalized spacial score (nSPS) is 13.1. The molecule has 0 aliphatic heterocycles. The van der Waals surface area contributed by atoms with Gasteiger partial charge in [-0.2, -0.15) is 0 Å². The maximum Gasteiger partial charge on any atom is 0.233 e. The summed E-state index contributed by atoms with van der Waals surface area (Å²) in [4.78, 5) is 20.5. The molecule has 3 aromatic rings. The number of H-pyrrole nitrogens is 1. The number of hydrogen-bond acceptors (Lipinski definition) is 3. The van der Waals surface area contributed by atoms with Gasteiger partial charge in [0.15, 0.2) is 5.16 Å². The number of hydrogen-bond donors (Lipinski definition) is 2. The van der Waals surface area contributed by atoms with Crippen molar-refractivity contribution in [2.45, 2.75) is 43.6 Å². The quantitative estimate of drug-likeness (QED) is 0.563. The van der Waals surface area contributed by atoms with Gasteiger partial charge >= 0.3 is 0 Å². The molecule has 1 aromatic heterocycles. The van der Waals surface area contributed by atoms with Gasteiger partial charge in [0.05, 0.1) is 17.0 Å². The second-order valence-electron chi connectivity index (χ2n) is 6.82. The van der Waals surface area contributed by atoms with Gasteiger partial charge in [-0.3, -0.25) is 4.79 Å². The summed E-state index contributed by atoms with van der Waals surface area (Å²) in [7, 11) is 0. The highest BCUT2D eigenvalue weighted by Crippen LogP contribution is 2.24. The third-order valence-electron chi connectivity index (χ3n) is 4.56. The number of aromatic nitrogens is 2. The molecule has 0 aliphatic carbocycles. The van der Waals surface area contributed by atoms with Crippen LogP contribution in [-0.4, -0.2) is 21.1 Å². The molecule has 28 heavy (non-hydrogen) atoms. The van der Waals surface area contributed by atoms with Gasteiger partial charge in [0.25, 0.3) is 0 Å². The average Bonchev–Trinajstić information content (AvgIpc) is 3.01. The molecule has 1 heterocycles. The topological polar surface area (TPSA) is 57.8 Å². The van der Waals surface area contributed by atoms with E-state index in [1.807, 2.05) is 39.0 Å². The van der Waals surface area contributed by atoms with Crippen molar-refractivity contribution in [2.24, 2.45) is 0 Å². The minimum absolute atomic E-state index is 0.0829. The molecule has 1 amide bonds. The Hall–Kier alpha value is -2.60. The fraction of sp³-hybridized carbons (Fsp3) is 0.273. The first-order valence-corrected chi connectivity index (χ1v) is 10.1. The fourth-order valence-electron chi connectivity index (χ4n) is 2.87. The van der Waals surface area contributed by atoms with Gasteiger partial charge < -0.3 is 10.3 Å². The lowest BCUT2D eigenvalue weighted by Gasteiger charge is -2.17. The number of aromatic amines is 1. The SMILES string of the molecule is Cc1[nH]c(SC(C)C(=O)NC(C)c2ccc(F)cc2)nc1Cc1ccccc1. The van der Waals surface area contributed by atoms with Crippen LogP contribution in [0.3, 0.4) is 0 Å². The van der Waals surface area contributed by atoms with Crippen molar-refractivity contribution >= 4 is 17.7 Å². The van der Waals surface area contributed by atoms with Crippen LogP contribution in [0.25, 0.3) is 0 Å². The van der Waals surface area contributed by atoms with Gasteiger partial charge in [0.2, 0.25) is 5.91 Å². The number of halogens is 1. The van der Waals surface area contributed by atoms with E-state index in [1.54, 1.807) is 12.1 Å². The van der Waals surface area contributed by atoms with Gasteiger partial charge in [0.1, 0.15) is 5.82 Å². The van der Waals surface area contributed by atoms with Crippen LogP contribution < -0.4 is 5.32 Å². The molecule has 0 saturated heterocycles. The molecule has 0 fully saturated rings. The van der Waals surface area contributed by atoms with E-state index in [1.165, 1.54) is 29.5 Å². The number of amides is 1. The Kier molecular flexibility index (Phi) is 6.52. The first-order chi connectivity index (χ1) is 13.4. The number of imidazole rings is 1. The predicted molar refractivity (Wildman–Crippen MR) is 111 cm³/mol. The van der Waals surface area contributed by atoms with Crippen molar-refractivity contribution in [2.75, 3.05) is 0 Å². The van der Waals surface area contributed by atoms with Crippen molar-refractivity contribution in [3.8, 4) is 0 Å². The van der Waals surface area contributed by atoms with Gasteiger partial charge in [-0.1, -0.05) is 54.2 Å². The van der Waals surface area contributed by atoms with Crippen LogP contribution in [0.15, 0.2) is 59.8 Å². The van der Waals surface area contributed by atoms with Crippen molar-refractivity contribution in [1.29, 1.82) is 0 Å². The Morgan fingerprint density at radius 2 is 1.82 bits per heavy atom. The molecule has 146 valence electrons. The fourth-order valence-corrected chi connectivity index (χ4v) is 3.76. The van der Waals surface area contributed by atoms with Crippen LogP contribution in [-0.2, 0) is 11.2 Å². The molecule has 0 saturated carbocycles. The lowest BCUT2D eigenvalue weighted by molar-refractivity contribution is -0.120. The summed E-state index contributed by atoms with van der Waals surface area (Å²) < 4.78 is 13.1. The van der Waals surface area contributed by atoms with Crippen LogP contribution in [0.1, 0.15) is 42.4 Å². The monoisotopic (exact) mass is 397 g/mol. The Bertz CT molecular complexity index is 925. The number of nitrogens with one attached hydrogen (secondary N) is 2. The molecule has 3 rings (SSSR count). The molecule has 0 radical (unpaired) electrons. The van der Waals surface area contributed by atoms with Crippen molar-refractivity contribution in [3.05, 3.63) is 82.9 Å². The van der Waals surface area contributed by atoms with Gasteiger partial charge in [0, 0.05) is 12.1 Å². The standard InChI is InChI=1S/C22H24FN3OS/c1-14(18-9-11-19(23)12-10-18)24-21(27)16(3)28-22-25-15(2)20(26-22)13-17-7-5-4-6-8-17/h4-12,14,16H,13H2,1-3H3,(H,24,27)(H,25,26). The second-order valence-corrected chi connectivity index (χ2v) is 8.15. The molecule has 2 unspecified atom stereocenters. The largest absolute Gasteiger partial charge is 0.349 e. The molecule has 2 aromatic carbocycles. The van der Waals surface area contributed by atoms with Gasteiger partial charge in [-0.15, -0.1) is 0 Å². The van der Waals surface area contributed by atoms with Crippen molar-refractivity contribution in [1.82, 2.24) is 15.3 Å². The number of aryl methyl sites for hydroxylation is 1. The first kappa shape index (κ1) is 20.1. The van der Waals surface area contributed by atoms with E-state index in [0.29, 0.717) is 0 Å². The van der Waals surface area contributed by atoms with Crippen LogP contribution in [0.4, 0.5) is 4.39 Å². The lowest BCUT2D eigenvalue weighted by Crippen LogP contribution is -2.33. The summed E-state index contributed by atoms with van der Waals surface area (Å²) in [5.41, 5.74) is 4.07. The van der Waals surface area contributed by atoms with E-state index in [9.17, 15) is 9.18 Å². The number of carbonyl (C=O) groups is 1. The summed E-state index contributed by atoms with van der Waals surface area (Å²) in [6, 6.07) is 16.2. The maximum atomic E-state index is 13.1. The lowest BCUT2D eigenvalue weighted by atomic mass is 10.1. The van der Waals surface area contributed by atoms with E-state index in [-0.39, 0.29) is 23.0 Å². The highest BCUT2D eigenvalue weighted by Gasteiger charge is 2.19. The minimum Gasteiger partial charge on any atom is -0.349 e. The maximum absolute atomic E-state index is 13.1. The van der Waals surface area contributed by atoms with E-state index >= 15 is 0 Å². The molecule has 2 N–H and O–H groups in total. The van der Waals surface area contributed by atoms with Crippen LogP contribution in [0.5, 0.6) is 0 Å². The van der Waals surface area contributed by atoms with Crippen molar-refractivity contribution in [3.63, 3.8) is 0 Å². The number of thioether (sulfide) groups is 1. The average molecular weight is 398 g/mol.